The molecule has 1 rings (SSSR count). The minimum Gasteiger partial charge on any atom is -0.378 e. The van der Waals surface area contributed by atoms with Crippen LogP contribution in [0.1, 0.15) is 0 Å². The second-order valence-corrected chi connectivity index (χ2v) is 3.26. The van der Waals surface area contributed by atoms with Crippen molar-refractivity contribution < 1.29 is 13.5 Å². The Balaban J connectivity index is 2.51. The summed E-state index contributed by atoms with van der Waals surface area (Å²) in [7, 11) is 0. The van der Waals surface area contributed by atoms with Gasteiger partial charge in [0, 0.05) is 13.1 Å². The monoisotopic (exact) mass is 215 g/mol. The molecule has 0 aromatic heterocycles. The Morgan fingerprint density at radius 3 is 2.33 bits per heavy atom. The molecule has 1 aliphatic rings. The maximum absolute atomic E-state index is 12.4. The Kier molecular flexibility index (Phi) is 3.20. The molecule has 0 aliphatic carbocycles. The second kappa shape index (κ2) is 3.81. The van der Waals surface area contributed by atoms with E-state index in [4.69, 9.17) is 16.3 Å². The fraction of sp³-hybridized carbons (Fsp3) is 0.833. The van der Waals surface area contributed by atoms with Crippen molar-refractivity contribution in [2.75, 3.05) is 26.3 Å². The van der Waals surface area contributed by atoms with Crippen molar-refractivity contribution in [2.45, 2.75) is 5.38 Å². The van der Waals surface area contributed by atoms with Crippen molar-refractivity contribution in [1.82, 2.24) is 4.90 Å². The molecule has 1 saturated heterocycles. The first kappa shape index (κ1) is 10.1. The number of alkyl halides is 3. The Morgan fingerprint density at radius 1 is 1.42 bits per heavy atom. The van der Waals surface area contributed by atoms with E-state index in [0.717, 1.165) is 0 Å². The second-order valence-electron chi connectivity index (χ2n) is 2.40. The molecule has 0 radical (unpaired) electrons. The summed E-state index contributed by atoms with van der Waals surface area (Å²) in [5, 5.41) is -3.41. The molecule has 1 fully saturated rings. The zero-order valence-corrected chi connectivity index (χ0v) is 7.80. The lowest BCUT2D eigenvalue weighted by molar-refractivity contribution is 0.0585. The van der Waals surface area contributed by atoms with E-state index in [1.165, 1.54) is 4.90 Å². The third-order valence-electron chi connectivity index (χ3n) is 1.54. The Hall–Kier alpha value is -0.0000000000000000486. The van der Waals surface area contributed by atoms with Crippen LogP contribution in [0.5, 0.6) is 0 Å². The van der Waals surface area contributed by atoms with Crippen LogP contribution in [0.4, 0.5) is 8.78 Å². The fourth-order valence-corrected chi connectivity index (χ4v) is 1.25. The lowest BCUT2D eigenvalue weighted by Crippen LogP contribution is -2.45. The van der Waals surface area contributed by atoms with Crippen molar-refractivity contribution in [3.8, 4) is 0 Å². The van der Waals surface area contributed by atoms with Gasteiger partial charge in [0.25, 0.3) is 0 Å². The molecule has 0 bridgehead atoms. The summed E-state index contributed by atoms with van der Waals surface area (Å²) in [6.45, 7) is 1.63. The number of nitrogens with zero attached hydrogens (tertiary/aromatic N) is 1. The van der Waals surface area contributed by atoms with Crippen molar-refractivity contribution in [3.05, 3.63) is 0 Å². The predicted molar refractivity (Wildman–Crippen MR) is 45.8 cm³/mol. The highest BCUT2D eigenvalue weighted by molar-refractivity contribution is 7.80. The molecule has 0 aromatic carbocycles. The van der Waals surface area contributed by atoms with E-state index in [1.54, 1.807) is 0 Å². The maximum atomic E-state index is 12.4. The highest BCUT2D eigenvalue weighted by Crippen LogP contribution is 2.23. The van der Waals surface area contributed by atoms with E-state index >= 15 is 0 Å². The SMILES string of the molecule is FC(F)(Cl)C(=S)N1CCOCC1. The van der Waals surface area contributed by atoms with Gasteiger partial charge in [0.05, 0.1) is 13.2 Å². The highest BCUT2D eigenvalue weighted by atomic mass is 35.5. The van der Waals surface area contributed by atoms with Gasteiger partial charge in [-0.2, -0.15) is 8.78 Å². The van der Waals surface area contributed by atoms with Gasteiger partial charge < -0.3 is 9.64 Å². The Bertz CT molecular complexity index is 179. The quantitative estimate of drug-likeness (QED) is 0.486. The minimum absolute atomic E-state index is 0.390. The summed E-state index contributed by atoms with van der Waals surface area (Å²) in [5.74, 6) is 0. The zero-order valence-electron chi connectivity index (χ0n) is 6.23. The molecule has 1 aliphatic heterocycles. The average molecular weight is 216 g/mol. The maximum Gasteiger partial charge on any atom is 0.372 e. The lowest BCUT2D eigenvalue weighted by atomic mass is 10.4. The van der Waals surface area contributed by atoms with E-state index < -0.39 is 10.4 Å². The molecule has 1 heterocycles. The number of rotatable bonds is 1. The van der Waals surface area contributed by atoms with Crippen molar-refractivity contribution in [1.29, 1.82) is 0 Å². The minimum atomic E-state index is -3.41. The third-order valence-corrected chi connectivity index (χ3v) is 2.35. The third kappa shape index (κ3) is 2.50. The van der Waals surface area contributed by atoms with Crippen LogP contribution in [0, 0.1) is 0 Å². The van der Waals surface area contributed by atoms with Crippen LogP contribution in [0.2, 0.25) is 0 Å². The van der Waals surface area contributed by atoms with Gasteiger partial charge in [0.15, 0.2) is 4.99 Å². The number of morpholine rings is 1. The molecule has 12 heavy (non-hydrogen) atoms. The Labute approximate surface area is 79.4 Å². The molecule has 0 amide bonds. The van der Waals surface area contributed by atoms with Crippen LogP contribution >= 0.6 is 23.8 Å². The van der Waals surface area contributed by atoms with E-state index in [0.29, 0.717) is 26.3 Å². The van der Waals surface area contributed by atoms with Crippen LogP contribution in [-0.4, -0.2) is 41.6 Å². The van der Waals surface area contributed by atoms with Gasteiger partial charge in [-0.15, -0.1) is 0 Å². The molecule has 0 saturated carbocycles. The summed E-state index contributed by atoms with van der Waals surface area (Å²) in [5.41, 5.74) is 0. The number of hydrogen-bond donors (Lipinski definition) is 0. The zero-order chi connectivity index (χ0) is 9.19. The first-order chi connectivity index (χ1) is 5.52. The first-order valence-corrected chi connectivity index (χ1v) is 4.24. The molecule has 0 aromatic rings. The molecular weight excluding hydrogens is 208 g/mol. The molecule has 0 atom stereocenters. The van der Waals surface area contributed by atoms with Crippen molar-refractivity contribution in [3.63, 3.8) is 0 Å². The van der Waals surface area contributed by atoms with Gasteiger partial charge in [-0.3, -0.25) is 0 Å². The van der Waals surface area contributed by atoms with Crippen LogP contribution in [-0.2, 0) is 4.74 Å². The molecule has 2 nitrogen and oxygen atoms in total. The largest absolute Gasteiger partial charge is 0.378 e. The van der Waals surface area contributed by atoms with E-state index in [1.807, 2.05) is 0 Å². The smallest absolute Gasteiger partial charge is 0.372 e. The molecular formula is C6H8ClF2NOS. The van der Waals surface area contributed by atoms with Crippen LogP contribution in [0.3, 0.4) is 0 Å². The summed E-state index contributed by atoms with van der Waals surface area (Å²) in [6.07, 6.45) is 0. The van der Waals surface area contributed by atoms with Crippen molar-refractivity contribution in [2.24, 2.45) is 0 Å². The van der Waals surface area contributed by atoms with E-state index in [-0.39, 0.29) is 0 Å². The van der Waals surface area contributed by atoms with Gasteiger partial charge in [-0.1, -0.05) is 12.2 Å². The first-order valence-electron chi connectivity index (χ1n) is 3.45. The normalized spacial score (nSPS) is 19.4. The summed E-state index contributed by atoms with van der Waals surface area (Å²) in [6, 6.07) is 0. The summed E-state index contributed by atoms with van der Waals surface area (Å²) in [4.78, 5) is 0.860. The van der Waals surface area contributed by atoms with Gasteiger partial charge >= 0.3 is 5.38 Å². The number of ether oxygens (including phenoxy) is 1. The molecule has 0 unspecified atom stereocenters. The average Bonchev–Trinajstić information content (AvgIpc) is 2.03. The molecule has 70 valence electrons. The lowest BCUT2D eigenvalue weighted by Gasteiger charge is -2.30. The molecule has 6 heteroatoms. The summed E-state index contributed by atoms with van der Waals surface area (Å²) < 4.78 is 29.9. The highest BCUT2D eigenvalue weighted by Gasteiger charge is 2.35. The Morgan fingerprint density at radius 2 is 1.92 bits per heavy atom. The molecule has 0 spiro atoms. The fourth-order valence-electron chi connectivity index (χ4n) is 0.946. The van der Waals surface area contributed by atoms with Gasteiger partial charge in [-0.05, 0) is 11.6 Å². The number of halogens is 3. The van der Waals surface area contributed by atoms with Gasteiger partial charge in [0.2, 0.25) is 0 Å². The number of thiocarbonyl (C=S) groups is 1. The van der Waals surface area contributed by atoms with E-state index in [2.05, 4.69) is 12.2 Å². The standard InChI is InChI=1S/C6H8ClF2NOS/c7-6(8,9)5(12)10-1-3-11-4-2-10/h1-4H2. The van der Waals surface area contributed by atoms with Gasteiger partial charge in [0.1, 0.15) is 0 Å². The van der Waals surface area contributed by atoms with Crippen LogP contribution < -0.4 is 0 Å². The predicted octanol–water partition coefficient (Wildman–Crippen LogP) is 1.48. The van der Waals surface area contributed by atoms with Gasteiger partial charge in [-0.25, -0.2) is 0 Å². The molecule has 0 N–H and O–H groups in total. The van der Waals surface area contributed by atoms with E-state index in [9.17, 15) is 8.78 Å². The topological polar surface area (TPSA) is 12.5 Å². The van der Waals surface area contributed by atoms with Crippen molar-refractivity contribution >= 4 is 28.8 Å². The summed E-state index contributed by atoms with van der Waals surface area (Å²) >= 11 is 9.26. The van der Waals surface area contributed by atoms with Crippen LogP contribution in [0.25, 0.3) is 0 Å². The van der Waals surface area contributed by atoms with Crippen LogP contribution in [0.15, 0.2) is 0 Å². The number of hydrogen-bond acceptors (Lipinski definition) is 2.